The lowest BCUT2D eigenvalue weighted by atomic mass is 10.6. The van der Waals surface area contributed by atoms with E-state index in [0.29, 0.717) is 0 Å². The second-order valence-corrected chi connectivity index (χ2v) is 7.74. The first-order chi connectivity index (χ1) is 6.66. The molecule has 0 aromatic heterocycles. The fourth-order valence-electron chi connectivity index (χ4n) is 1.64. The molecule has 84 valence electrons. The van der Waals surface area contributed by atoms with Gasteiger partial charge in [0.15, 0.2) is 8.32 Å². The van der Waals surface area contributed by atoms with Crippen molar-refractivity contribution in [1.82, 2.24) is 0 Å². The predicted molar refractivity (Wildman–Crippen MR) is 61.9 cm³/mol. The molecule has 0 fully saturated rings. The summed E-state index contributed by atoms with van der Waals surface area (Å²) in [5.74, 6) is 0. The Bertz CT molecular complexity index is 144. The molecule has 3 nitrogen and oxygen atoms in total. The number of nitrogens with one attached hydrogen (secondary N) is 1. The monoisotopic (exact) mass is 217 g/mol. The summed E-state index contributed by atoms with van der Waals surface area (Å²) in [6, 6.07) is 3.91. The molecule has 0 unspecified atom stereocenters. The summed E-state index contributed by atoms with van der Waals surface area (Å²) < 4.78 is 5.91. The smallest absolute Gasteiger partial charge is 0.231 e. The highest BCUT2D eigenvalue weighted by Crippen LogP contribution is 2.23. The van der Waals surface area contributed by atoms with Crippen LogP contribution in [-0.4, -0.2) is 21.0 Å². The van der Waals surface area contributed by atoms with Crippen LogP contribution in [0, 0.1) is 5.41 Å². The first kappa shape index (κ1) is 16.0. The molecule has 0 aliphatic heterocycles. The largest absolute Gasteiger partial charge is 0.417 e. The van der Waals surface area contributed by atoms with E-state index in [2.05, 4.69) is 27.7 Å². The summed E-state index contributed by atoms with van der Waals surface area (Å²) in [5, 5.41) is 5.40. The minimum Gasteiger partial charge on any atom is -0.417 e. The molecule has 0 aromatic rings. The van der Waals surface area contributed by atoms with Gasteiger partial charge in [-0.05, 0) is 25.1 Å². The lowest BCUT2D eigenvalue weighted by Gasteiger charge is -2.28. The first-order valence-corrected chi connectivity index (χ1v) is 7.87. The van der Waals surface area contributed by atoms with Crippen molar-refractivity contribution >= 4 is 14.4 Å². The predicted octanol–water partition coefficient (Wildman–Crippen LogP) is 3.32. The Morgan fingerprint density at radius 3 is 1.86 bits per heavy atom. The average Bonchev–Trinajstić information content (AvgIpc) is 2.19. The number of isocyanates is 1. The number of carbonyl (C=O) groups excluding carboxylic acids is 1. The van der Waals surface area contributed by atoms with E-state index in [1.165, 1.54) is 24.6 Å². The third-order valence-corrected chi connectivity index (χ3v) is 7.33. The maximum atomic E-state index is 8.35. The van der Waals surface area contributed by atoms with Crippen LogP contribution in [0.2, 0.25) is 18.1 Å². The van der Waals surface area contributed by atoms with Crippen molar-refractivity contribution in [1.29, 1.82) is 5.41 Å². The summed E-state index contributed by atoms with van der Waals surface area (Å²) in [7, 11) is -1.24. The van der Waals surface area contributed by atoms with Gasteiger partial charge in [0, 0.05) is 6.61 Å². The first-order valence-electron chi connectivity index (χ1n) is 5.34. The highest BCUT2D eigenvalue weighted by molar-refractivity contribution is 6.73. The molecule has 0 rings (SSSR count). The fraction of sp³-hybridized carbons (Fsp3) is 0.900. The molecule has 4 heteroatoms. The third kappa shape index (κ3) is 7.01. The van der Waals surface area contributed by atoms with Crippen LogP contribution in [0.25, 0.3) is 0 Å². The molecule has 0 saturated carbocycles. The van der Waals surface area contributed by atoms with E-state index < -0.39 is 8.32 Å². The standard InChI is InChI=1S/C9H22OSi.CHNO/c1-5-9-11(7-3,8-4)10-6-2;2-1-3/h5-9H2,1-4H3;2H. The second kappa shape index (κ2) is 10.6. The van der Waals surface area contributed by atoms with Crippen LogP contribution in [0.4, 0.5) is 0 Å². The van der Waals surface area contributed by atoms with Gasteiger partial charge in [0.1, 0.15) is 0 Å². The molecule has 14 heavy (non-hydrogen) atoms. The van der Waals surface area contributed by atoms with Crippen LogP contribution in [0.1, 0.15) is 34.1 Å². The van der Waals surface area contributed by atoms with Crippen molar-refractivity contribution in [2.45, 2.75) is 52.2 Å². The lowest BCUT2D eigenvalue weighted by Crippen LogP contribution is -2.36. The molecule has 0 radical (unpaired) electrons. The van der Waals surface area contributed by atoms with Crippen molar-refractivity contribution in [3.63, 3.8) is 0 Å². The van der Waals surface area contributed by atoms with E-state index >= 15 is 0 Å². The Labute approximate surface area is 88.5 Å². The van der Waals surface area contributed by atoms with Crippen LogP contribution in [-0.2, 0) is 9.22 Å². The maximum Gasteiger partial charge on any atom is 0.231 e. The zero-order valence-electron chi connectivity index (χ0n) is 9.85. The minimum absolute atomic E-state index is 0.750. The van der Waals surface area contributed by atoms with E-state index in [-0.39, 0.29) is 0 Å². The van der Waals surface area contributed by atoms with Gasteiger partial charge in [0.2, 0.25) is 6.08 Å². The van der Waals surface area contributed by atoms with Crippen molar-refractivity contribution in [3.8, 4) is 0 Å². The second-order valence-electron chi connectivity index (χ2n) is 3.18. The zero-order chi connectivity index (χ0) is 11.4. The molecule has 0 atom stereocenters. The topological polar surface area (TPSA) is 50.1 Å². The molecule has 0 aliphatic carbocycles. The zero-order valence-corrected chi connectivity index (χ0v) is 10.9. The van der Waals surface area contributed by atoms with Gasteiger partial charge in [-0.3, -0.25) is 0 Å². The lowest BCUT2D eigenvalue weighted by molar-refractivity contribution is 0.319. The summed E-state index contributed by atoms with van der Waals surface area (Å²) in [6.07, 6.45) is 2.04. The molecule has 0 bridgehead atoms. The highest BCUT2D eigenvalue weighted by Gasteiger charge is 2.28. The van der Waals surface area contributed by atoms with Crippen LogP contribution >= 0.6 is 0 Å². The van der Waals surface area contributed by atoms with Crippen LogP contribution in [0.15, 0.2) is 0 Å². The number of rotatable bonds is 6. The van der Waals surface area contributed by atoms with Gasteiger partial charge in [-0.2, -0.15) is 0 Å². The summed E-state index contributed by atoms with van der Waals surface area (Å²) >= 11 is 0. The Kier molecular flexibility index (Phi) is 12.2. The molecular weight excluding hydrogens is 194 g/mol. The van der Waals surface area contributed by atoms with E-state index in [0.717, 1.165) is 12.7 Å². The third-order valence-electron chi connectivity index (χ3n) is 2.44. The van der Waals surface area contributed by atoms with Gasteiger partial charge in [0.05, 0.1) is 0 Å². The van der Waals surface area contributed by atoms with Gasteiger partial charge in [-0.15, -0.1) is 0 Å². The van der Waals surface area contributed by atoms with Gasteiger partial charge < -0.3 is 4.43 Å². The molecular formula is C10H23NO2Si. The van der Waals surface area contributed by atoms with Gasteiger partial charge in [-0.1, -0.05) is 27.2 Å². The maximum absolute atomic E-state index is 8.35. The summed E-state index contributed by atoms with van der Waals surface area (Å²) in [5.41, 5.74) is 0. The molecule has 0 amide bonds. The Hall–Kier alpha value is -0.443. The number of hydrogen-bond acceptors (Lipinski definition) is 3. The number of hydrogen-bond donors (Lipinski definition) is 1. The van der Waals surface area contributed by atoms with Gasteiger partial charge in [0.25, 0.3) is 0 Å². The molecule has 0 spiro atoms. The van der Waals surface area contributed by atoms with Crippen molar-refractivity contribution in [2.24, 2.45) is 0 Å². The van der Waals surface area contributed by atoms with E-state index in [1.807, 2.05) is 0 Å². The normalized spacial score (nSPS) is 10.0. The highest BCUT2D eigenvalue weighted by atomic mass is 28.4. The molecule has 0 heterocycles. The van der Waals surface area contributed by atoms with Crippen LogP contribution in [0.5, 0.6) is 0 Å². The summed E-state index contributed by atoms with van der Waals surface area (Å²) in [4.78, 5) is 8.35. The van der Waals surface area contributed by atoms with Crippen molar-refractivity contribution < 1.29 is 9.22 Å². The van der Waals surface area contributed by atoms with Crippen molar-refractivity contribution in [2.75, 3.05) is 6.61 Å². The Morgan fingerprint density at radius 1 is 1.21 bits per heavy atom. The molecule has 0 aromatic carbocycles. The molecule has 1 N–H and O–H groups in total. The Morgan fingerprint density at radius 2 is 1.64 bits per heavy atom. The van der Waals surface area contributed by atoms with E-state index in [4.69, 9.17) is 14.6 Å². The van der Waals surface area contributed by atoms with Crippen LogP contribution < -0.4 is 0 Å². The Balaban J connectivity index is 0. The van der Waals surface area contributed by atoms with E-state index in [9.17, 15) is 0 Å². The quantitative estimate of drug-likeness (QED) is 0.421. The molecule has 0 aliphatic rings. The summed E-state index contributed by atoms with van der Waals surface area (Å²) in [6.45, 7) is 9.84. The molecule has 0 saturated heterocycles. The van der Waals surface area contributed by atoms with Crippen LogP contribution in [0.3, 0.4) is 0 Å². The SMILES string of the molecule is CCC[Si](CC)(CC)OCC.N=C=O. The minimum atomic E-state index is -1.24. The van der Waals surface area contributed by atoms with Gasteiger partial charge >= 0.3 is 0 Å². The van der Waals surface area contributed by atoms with Crippen molar-refractivity contribution in [3.05, 3.63) is 0 Å². The average molecular weight is 217 g/mol. The van der Waals surface area contributed by atoms with Gasteiger partial charge in [-0.25, -0.2) is 10.2 Å². The van der Waals surface area contributed by atoms with E-state index in [1.54, 1.807) is 0 Å². The fourth-order valence-corrected chi connectivity index (χ4v) is 4.92.